The van der Waals surface area contributed by atoms with E-state index in [4.69, 9.17) is 22.9 Å². The van der Waals surface area contributed by atoms with Gasteiger partial charge in [-0.1, -0.05) is 26.2 Å². The van der Waals surface area contributed by atoms with E-state index in [1.165, 1.54) is 0 Å². The van der Waals surface area contributed by atoms with Gasteiger partial charge in [-0.3, -0.25) is 24.0 Å². The molecule has 45 heavy (non-hydrogen) atoms. The molecule has 0 aromatic heterocycles. The Bertz CT molecular complexity index is 729. The molecule has 0 saturated carbocycles. The van der Waals surface area contributed by atoms with Gasteiger partial charge in [-0.15, -0.1) is 0 Å². The number of nitrogens with two attached hydrogens (primary N) is 4. The maximum Gasteiger partial charge on any atom is 0.243 e. The average molecular weight is 640 g/mol. The molecule has 14 heteroatoms. The van der Waals surface area contributed by atoms with Crippen molar-refractivity contribution in [2.45, 2.75) is 140 Å². The zero-order chi connectivity index (χ0) is 33.5. The molecule has 1 aliphatic rings. The van der Waals surface area contributed by atoms with Gasteiger partial charge in [-0.2, -0.15) is 0 Å². The van der Waals surface area contributed by atoms with Crippen molar-refractivity contribution in [3.8, 4) is 0 Å². The lowest BCUT2D eigenvalue weighted by molar-refractivity contribution is -0.134. The van der Waals surface area contributed by atoms with Crippen LogP contribution in [0.5, 0.6) is 0 Å². The molecular formula is C31H61N9O5. The van der Waals surface area contributed by atoms with Crippen LogP contribution < -0.4 is 49.5 Å². The lowest BCUT2D eigenvalue weighted by Gasteiger charge is -2.26. The first-order valence-electron chi connectivity index (χ1n) is 17.0. The summed E-state index contributed by atoms with van der Waals surface area (Å²) in [4.78, 5) is 68.1. The highest BCUT2D eigenvalue weighted by atomic mass is 16.2. The fourth-order valence-electron chi connectivity index (χ4n) is 5.28. The molecular weight excluding hydrogens is 578 g/mol. The third-order valence-corrected chi connectivity index (χ3v) is 8.05. The first-order chi connectivity index (χ1) is 21.7. The SMILES string of the molecule is CCCCCC1NC(=O)C(CCCCN)NC(=O)C(CCCCN)NC(=O)C(CCCCN)NC(=O)C(CCCCN)NC1=O. The van der Waals surface area contributed by atoms with Crippen LogP contribution in [0.15, 0.2) is 0 Å². The summed E-state index contributed by atoms with van der Waals surface area (Å²) in [5.74, 6) is -2.52. The summed E-state index contributed by atoms with van der Waals surface area (Å²) >= 11 is 0. The highest BCUT2D eigenvalue weighted by molar-refractivity contribution is 5.97. The van der Waals surface area contributed by atoms with Crippen molar-refractivity contribution in [2.75, 3.05) is 26.2 Å². The Hall–Kier alpha value is -2.81. The van der Waals surface area contributed by atoms with Gasteiger partial charge in [-0.25, -0.2) is 0 Å². The third-order valence-electron chi connectivity index (χ3n) is 8.05. The molecule has 0 radical (unpaired) electrons. The minimum Gasteiger partial charge on any atom is -0.343 e. The van der Waals surface area contributed by atoms with E-state index in [9.17, 15) is 24.0 Å². The Morgan fingerprint density at radius 2 is 0.578 bits per heavy atom. The average Bonchev–Trinajstić information content (AvgIpc) is 3.02. The standard InChI is InChI=1S/C31H61N9O5/c1-2-3-4-13-22-27(41)37-24(15-6-10-19-33)29(43)39-26(17-8-12-21-35)31(45)40-25(16-7-11-20-34)30(44)38-23(28(42)36-22)14-5-9-18-32/h22-26H,2-21,32-35H2,1H3,(H,36,42)(H,37,41)(H,38,44)(H,39,43)(H,40,45). The highest BCUT2D eigenvalue weighted by Crippen LogP contribution is 2.12. The molecule has 0 spiro atoms. The van der Waals surface area contributed by atoms with Crippen LogP contribution in [0.1, 0.15) is 110 Å². The van der Waals surface area contributed by atoms with Gasteiger partial charge < -0.3 is 49.5 Å². The molecule has 1 heterocycles. The number of rotatable bonds is 20. The summed E-state index contributed by atoms with van der Waals surface area (Å²) < 4.78 is 0. The monoisotopic (exact) mass is 639 g/mol. The molecule has 1 saturated heterocycles. The minimum absolute atomic E-state index is 0.302. The summed E-state index contributed by atoms with van der Waals surface area (Å²) in [7, 11) is 0. The Kier molecular flexibility index (Phi) is 21.8. The maximum absolute atomic E-state index is 13.6. The van der Waals surface area contributed by atoms with Crippen molar-refractivity contribution in [1.29, 1.82) is 0 Å². The number of nitrogens with one attached hydrogen (secondary N) is 5. The molecule has 13 N–H and O–H groups in total. The van der Waals surface area contributed by atoms with Crippen molar-refractivity contribution in [1.82, 2.24) is 26.6 Å². The summed E-state index contributed by atoms with van der Waals surface area (Å²) in [6.45, 7) is 3.76. The van der Waals surface area contributed by atoms with Crippen LogP contribution in [-0.4, -0.2) is 85.9 Å². The van der Waals surface area contributed by atoms with Gasteiger partial charge in [0.15, 0.2) is 0 Å². The fourth-order valence-corrected chi connectivity index (χ4v) is 5.28. The van der Waals surface area contributed by atoms with Crippen molar-refractivity contribution in [3.63, 3.8) is 0 Å². The number of hydrogen-bond donors (Lipinski definition) is 9. The topological polar surface area (TPSA) is 250 Å². The quantitative estimate of drug-likeness (QED) is 0.0779. The second-order valence-electron chi connectivity index (χ2n) is 11.9. The van der Waals surface area contributed by atoms with Crippen LogP contribution >= 0.6 is 0 Å². The third kappa shape index (κ3) is 16.4. The first-order valence-corrected chi connectivity index (χ1v) is 17.0. The molecule has 5 atom stereocenters. The predicted molar refractivity (Wildman–Crippen MR) is 175 cm³/mol. The van der Waals surface area contributed by atoms with E-state index >= 15 is 0 Å². The number of amides is 5. The lowest BCUT2D eigenvalue weighted by atomic mass is 10.0. The molecule has 1 rings (SSSR count). The van der Waals surface area contributed by atoms with Gasteiger partial charge in [0.25, 0.3) is 0 Å². The number of carbonyl (C=O) groups excluding carboxylic acids is 5. The molecule has 0 aromatic carbocycles. The molecule has 14 nitrogen and oxygen atoms in total. The Balaban J connectivity index is 3.54. The smallest absolute Gasteiger partial charge is 0.243 e. The van der Waals surface area contributed by atoms with Crippen molar-refractivity contribution in [3.05, 3.63) is 0 Å². The molecule has 5 amide bonds. The fraction of sp³-hybridized carbons (Fsp3) is 0.839. The van der Waals surface area contributed by atoms with Crippen LogP contribution in [0.3, 0.4) is 0 Å². The van der Waals surface area contributed by atoms with Gasteiger partial charge in [-0.05, 0) is 110 Å². The van der Waals surface area contributed by atoms with Gasteiger partial charge in [0, 0.05) is 0 Å². The van der Waals surface area contributed by atoms with E-state index in [0.29, 0.717) is 116 Å². The largest absolute Gasteiger partial charge is 0.343 e. The minimum atomic E-state index is -0.951. The van der Waals surface area contributed by atoms with Gasteiger partial charge in [0.2, 0.25) is 29.5 Å². The summed E-state index contributed by atoms with van der Waals surface area (Å²) in [5.41, 5.74) is 22.7. The van der Waals surface area contributed by atoms with Crippen molar-refractivity contribution in [2.24, 2.45) is 22.9 Å². The summed E-state index contributed by atoms with van der Waals surface area (Å²) in [6.07, 6.45) is 8.97. The van der Waals surface area contributed by atoms with Crippen LogP contribution in [0.25, 0.3) is 0 Å². The van der Waals surface area contributed by atoms with E-state index in [1.807, 2.05) is 6.92 Å². The first kappa shape index (κ1) is 40.2. The summed E-state index contributed by atoms with van der Waals surface area (Å²) in [6, 6.07) is -4.69. The van der Waals surface area contributed by atoms with E-state index < -0.39 is 59.7 Å². The van der Waals surface area contributed by atoms with Gasteiger partial charge >= 0.3 is 0 Å². The van der Waals surface area contributed by atoms with Crippen LogP contribution in [-0.2, 0) is 24.0 Å². The van der Waals surface area contributed by atoms with Crippen LogP contribution in [0.2, 0.25) is 0 Å². The molecule has 260 valence electrons. The molecule has 0 aromatic rings. The van der Waals surface area contributed by atoms with Crippen molar-refractivity contribution >= 4 is 29.5 Å². The zero-order valence-corrected chi connectivity index (χ0v) is 27.4. The van der Waals surface area contributed by atoms with E-state index in [2.05, 4.69) is 26.6 Å². The molecule has 5 unspecified atom stereocenters. The predicted octanol–water partition coefficient (Wildman–Crippen LogP) is -0.480. The van der Waals surface area contributed by atoms with E-state index in [0.717, 1.165) is 12.8 Å². The lowest BCUT2D eigenvalue weighted by Crippen LogP contribution is -2.57. The number of unbranched alkanes of at least 4 members (excludes halogenated alkanes) is 6. The number of carbonyl (C=O) groups is 5. The Morgan fingerprint density at radius 3 is 0.756 bits per heavy atom. The van der Waals surface area contributed by atoms with Gasteiger partial charge in [0.05, 0.1) is 0 Å². The summed E-state index contributed by atoms with van der Waals surface area (Å²) in [5, 5.41) is 14.2. The number of hydrogen-bond acceptors (Lipinski definition) is 9. The zero-order valence-electron chi connectivity index (χ0n) is 27.4. The molecule has 0 bridgehead atoms. The second kappa shape index (κ2) is 24.4. The molecule has 1 fully saturated rings. The van der Waals surface area contributed by atoms with E-state index in [-0.39, 0.29) is 0 Å². The molecule has 0 aliphatic carbocycles. The molecule has 1 aliphatic heterocycles. The van der Waals surface area contributed by atoms with E-state index in [1.54, 1.807) is 0 Å². The highest BCUT2D eigenvalue weighted by Gasteiger charge is 2.34. The van der Waals surface area contributed by atoms with Gasteiger partial charge in [0.1, 0.15) is 30.2 Å². The van der Waals surface area contributed by atoms with Crippen molar-refractivity contribution < 1.29 is 24.0 Å². The Labute approximate surface area is 269 Å². The van der Waals surface area contributed by atoms with Crippen LogP contribution in [0.4, 0.5) is 0 Å². The maximum atomic E-state index is 13.6. The normalized spacial score (nSPS) is 23.7. The Morgan fingerprint density at radius 1 is 0.378 bits per heavy atom. The van der Waals surface area contributed by atoms with Crippen LogP contribution in [0, 0.1) is 0 Å². The second-order valence-corrected chi connectivity index (χ2v) is 11.9.